The van der Waals surface area contributed by atoms with E-state index >= 15 is 0 Å². The Morgan fingerprint density at radius 1 is 0.828 bits per heavy atom. The number of methoxy groups -OCH3 is 1. The number of rotatable bonds is 5. The van der Waals surface area contributed by atoms with E-state index in [9.17, 15) is 9.59 Å². The first kappa shape index (κ1) is 20.6. The zero-order valence-corrected chi connectivity index (χ0v) is 17.0. The fraction of sp³-hybridized carbons (Fsp3) is 0.0435. The third-order valence-electron chi connectivity index (χ3n) is 4.18. The topological polar surface area (TPSA) is 55.4 Å². The van der Waals surface area contributed by atoms with Crippen LogP contribution in [0.1, 0.15) is 21.5 Å². The largest absolute Gasteiger partial charge is 0.465 e. The van der Waals surface area contributed by atoms with Crippen molar-refractivity contribution >= 4 is 46.3 Å². The predicted octanol–water partition coefficient (Wildman–Crippen LogP) is 5.85. The lowest BCUT2D eigenvalue weighted by molar-refractivity contribution is -0.111. The molecule has 3 rings (SSSR count). The molecule has 0 heterocycles. The summed E-state index contributed by atoms with van der Waals surface area (Å²) >= 11 is 12.0. The quantitative estimate of drug-likeness (QED) is 0.411. The van der Waals surface area contributed by atoms with Crippen molar-refractivity contribution in [1.29, 1.82) is 0 Å². The Labute approximate surface area is 178 Å². The molecule has 0 fully saturated rings. The molecule has 146 valence electrons. The van der Waals surface area contributed by atoms with Crippen LogP contribution in [-0.4, -0.2) is 19.0 Å². The van der Waals surface area contributed by atoms with Crippen LogP contribution in [0.4, 0.5) is 5.69 Å². The minimum atomic E-state index is -0.527. The molecule has 0 atom stereocenters. The predicted molar refractivity (Wildman–Crippen MR) is 116 cm³/mol. The third-order valence-corrected chi connectivity index (χ3v) is 4.68. The van der Waals surface area contributed by atoms with Gasteiger partial charge in [0.25, 0.3) is 0 Å². The van der Waals surface area contributed by atoms with Crippen LogP contribution in [0.3, 0.4) is 0 Å². The summed E-state index contributed by atoms with van der Waals surface area (Å²) in [5, 5.41) is 3.95. The molecular weight excluding hydrogens is 409 g/mol. The minimum Gasteiger partial charge on any atom is -0.465 e. The number of ether oxygens (including phenoxy) is 1. The molecule has 3 aromatic carbocycles. The number of para-hydroxylation sites is 1. The molecule has 4 nitrogen and oxygen atoms in total. The number of halogens is 2. The summed E-state index contributed by atoms with van der Waals surface area (Å²) in [5.41, 5.74) is 2.95. The van der Waals surface area contributed by atoms with Gasteiger partial charge in [-0.05, 0) is 53.1 Å². The number of esters is 1. The molecule has 6 heteroatoms. The molecule has 0 unspecified atom stereocenters. The van der Waals surface area contributed by atoms with Crippen LogP contribution in [0.25, 0.3) is 5.57 Å². The van der Waals surface area contributed by atoms with Gasteiger partial charge in [0.2, 0.25) is 5.91 Å². The van der Waals surface area contributed by atoms with Gasteiger partial charge in [-0.2, -0.15) is 0 Å². The van der Waals surface area contributed by atoms with Crippen molar-refractivity contribution in [2.75, 3.05) is 12.4 Å². The maximum atomic E-state index is 12.8. The molecule has 3 aromatic rings. The Hall–Kier alpha value is -3.08. The number of anilines is 1. The van der Waals surface area contributed by atoms with Gasteiger partial charge in [0.1, 0.15) is 0 Å². The van der Waals surface area contributed by atoms with Crippen molar-refractivity contribution in [3.8, 4) is 0 Å². The minimum absolute atomic E-state index is 0.274. The summed E-state index contributed by atoms with van der Waals surface area (Å²) in [6, 6.07) is 21.0. The van der Waals surface area contributed by atoms with Gasteiger partial charge in [-0.3, -0.25) is 4.79 Å². The highest BCUT2D eigenvalue weighted by Crippen LogP contribution is 2.26. The standard InChI is InChI=1S/C23H17Cl2NO3/c1-29-23(28)19-4-2-3-5-21(19)26-22(27)14-20(15-6-10-17(24)11-7-15)16-8-12-18(25)13-9-16/h2-14H,1H3,(H,26,27). The molecule has 29 heavy (non-hydrogen) atoms. The van der Waals surface area contributed by atoms with Gasteiger partial charge in [-0.1, -0.05) is 59.6 Å². The highest BCUT2D eigenvalue weighted by Gasteiger charge is 2.14. The molecule has 0 spiro atoms. The lowest BCUT2D eigenvalue weighted by atomic mass is 9.97. The fourth-order valence-electron chi connectivity index (χ4n) is 2.77. The van der Waals surface area contributed by atoms with E-state index in [1.54, 1.807) is 48.5 Å². The first-order chi connectivity index (χ1) is 14.0. The second-order valence-corrected chi connectivity index (χ2v) is 6.97. The molecule has 0 bridgehead atoms. The van der Waals surface area contributed by atoms with Crippen molar-refractivity contribution in [2.24, 2.45) is 0 Å². The van der Waals surface area contributed by atoms with Crippen LogP contribution in [-0.2, 0) is 9.53 Å². The second-order valence-electron chi connectivity index (χ2n) is 6.10. The van der Waals surface area contributed by atoms with Gasteiger partial charge < -0.3 is 10.1 Å². The fourth-order valence-corrected chi connectivity index (χ4v) is 3.02. The third kappa shape index (κ3) is 5.25. The molecule has 0 saturated heterocycles. The maximum Gasteiger partial charge on any atom is 0.339 e. The average molecular weight is 426 g/mol. The van der Waals surface area contributed by atoms with Crippen molar-refractivity contribution in [1.82, 2.24) is 0 Å². The van der Waals surface area contributed by atoms with E-state index in [-0.39, 0.29) is 11.5 Å². The molecule has 0 aromatic heterocycles. The van der Waals surface area contributed by atoms with Crippen molar-refractivity contribution in [3.63, 3.8) is 0 Å². The van der Waals surface area contributed by atoms with Gasteiger partial charge in [0.15, 0.2) is 0 Å². The van der Waals surface area contributed by atoms with Gasteiger partial charge >= 0.3 is 5.97 Å². The zero-order valence-electron chi connectivity index (χ0n) is 15.5. The lowest BCUT2D eigenvalue weighted by Gasteiger charge is -2.11. The number of amides is 1. The molecule has 1 N–H and O–H groups in total. The van der Waals surface area contributed by atoms with Crippen LogP contribution < -0.4 is 5.32 Å². The van der Waals surface area contributed by atoms with Crippen LogP contribution in [0.15, 0.2) is 78.9 Å². The summed E-state index contributed by atoms with van der Waals surface area (Å²) < 4.78 is 4.77. The molecule has 0 saturated carbocycles. The highest BCUT2D eigenvalue weighted by atomic mass is 35.5. The van der Waals surface area contributed by atoms with E-state index < -0.39 is 5.97 Å². The summed E-state index contributed by atoms with van der Waals surface area (Å²) in [7, 11) is 1.29. The van der Waals surface area contributed by atoms with Gasteiger partial charge in [0.05, 0.1) is 18.4 Å². The Bertz CT molecular complexity index is 1010. The first-order valence-corrected chi connectivity index (χ1v) is 9.45. The molecule has 1 amide bonds. The van der Waals surface area contributed by atoms with Crippen molar-refractivity contribution < 1.29 is 14.3 Å². The van der Waals surface area contributed by atoms with Gasteiger partial charge in [-0.15, -0.1) is 0 Å². The Morgan fingerprint density at radius 2 is 1.34 bits per heavy atom. The number of hydrogen-bond acceptors (Lipinski definition) is 3. The Balaban J connectivity index is 1.98. The zero-order chi connectivity index (χ0) is 20.8. The van der Waals surface area contributed by atoms with Crippen molar-refractivity contribution in [3.05, 3.63) is 106 Å². The van der Waals surface area contributed by atoms with E-state index in [2.05, 4.69) is 5.32 Å². The van der Waals surface area contributed by atoms with E-state index in [0.29, 0.717) is 21.3 Å². The van der Waals surface area contributed by atoms with Gasteiger partial charge in [-0.25, -0.2) is 4.79 Å². The summed E-state index contributed by atoms with van der Waals surface area (Å²) in [4.78, 5) is 24.7. The van der Waals surface area contributed by atoms with E-state index in [4.69, 9.17) is 27.9 Å². The lowest BCUT2D eigenvalue weighted by Crippen LogP contribution is -2.13. The average Bonchev–Trinajstić information content (AvgIpc) is 2.73. The van der Waals surface area contributed by atoms with Gasteiger partial charge in [0, 0.05) is 16.1 Å². The van der Waals surface area contributed by atoms with Crippen LogP contribution in [0, 0.1) is 0 Å². The first-order valence-electron chi connectivity index (χ1n) is 8.70. The van der Waals surface area contributed by atoms with Crippen molar-refractivity contribution in [2.45, 2.75) is 0 Å². The van der Waals surface area contributed by atoms with E-state index in [1.165, 1.54) is 13.2 Å². The second kappa shape index (κ2) is 9.41. The maximum absolute atomic E-state index is 12.8. The normalized spacial score (nSPS) is 10.2. The Kier molecular flexibility index (Phi) is 6.70. The smallest absolute Gasteiger partial charge is 0.339 e. The van der Waals surface area contributed by atoms with E-state index in [0.717, 1.165) is 11.1 Å². The van der Waals surface area contributed by atoms with Crippen LogP contribution in [0.2, 0.25) is 10.0 Å². The monoisotopic (exact) mass is 425 g/mol. The SMILES string of the molecule is COC(=O)c1ccccc1NC(=O)C=C(c1ccc(Cl)cc1)c1ccc(Cl)cc1. The molecular formula is C23H17Cl2NO3. The molecule has 0 radical (unpaired) electrons. The number of hydrogen-bond donors (Lipinski definition) is 1. The highest BCUT2D eigenvalue weighted by molar-refractivity contribution is 6.31. The molecule has 0 aliphatic rings. The molecule has 0 aliphatic carbocycles. The van der Waals surface area contributed by atoms with Crippen LogP contribution >= 0.6 is 23.2 Å². The summed E-state index contributed by atoms with van der Waals surface area (Å²) in [5.74, 6) is -0.915. The number of nitrogens with one attached hydrogen (secondary N) is 1. The molecule has 0 aliphatic heterocycles. The number of benzene rings is 3. The number of carbonyl (C=O) groups is 2. The summed E-state index contributed by atoms with van der Waals surface area (Å²) in [6.45, 7) is 0. The Morgan fingerprint density at radius 3 is 1.86 bits per heavy atom. The van der Waals surface area contributed by atoms with E-state index in [1.807, 2.05) is 24.3 Å². The van der Waals surface area contributed by atoms with Crippen LogP contribution in [0.5, 0.6) is 0 Å². The summed E-state index contributed by atoms with van der Waals surface area (Å²) in [6.07, 6.45) is 1.47. The number of carbonyl (C=O) groups excluding carboxylic acids is 2.